The Morgan fingerprint density at radius 3 is 2.56 bits per heavy atom. The Morgan fingerprint density at radius 2 is 2.00 bits per heavy atom. The molecule has 0 saturated carbocycles. The van der Waals surface area contributed by atoms with Crippen LogP contribution in [0.3, 0.4) is 0 Å². The maximum atomic E-state index is 13.7. The largest absolute Gasteiger partial charge is 0.444 e. The molecule has 1 aliphatic rings. The van der Waals surface area contributed by atoms with Crippen molar-refractivity contribution >= 4 is 17.5 Å². The van der Waals surface area contributed by atoms with Crippen LogP contribution in [0.4, 0.5) is 20.6 Å². The number of ether oxygens (including phenoxy) is 1. The molecule has 0 aliphatic carbocycles. The lowest BCUT2D eigenvalue weighted by Crippen LogP contribution is -2.37. The van der Waals surface area contributed by atoms with Crippen LogP contribution in [-0.4, -0.2) is 36.3 Å². The lowest BCUT2D eigenvalue weighted by atomic mass is 9.93. The molecule has 0 unspecified atom stereocenters. The Balaban J connectivity index is 1.86. The number of hydrogen-bond acceptors (Lipinski definition) is 5. The highest BCUT2D eigenvalue weighted by molar-refractivity contribution is 5.67. The van der Waals surface area contributed by atoms with Crippen molar-refractivity contribution in [3.63, 3.8) is 0 Å². The molecule has 27 heavy (non-hydrogen) atoms. The SMILES string of the molecule is Cc1cc(N2CCC(CCNC(=O)OC(C)(C)C)CC2)c([N+](=O)[O-])cc1F. The van der Waals surface area contributed by atoms with Crippen molar-refractivity contribution in [3.05, 3.63) is 33.6 Å². The van der Waals surface area contributed by atoms with E-state index in [9.17, 15) is 19.3 Å². The lowest BCUT2D eigenvalue weighted by Gasteiger charge is -2.33. The first-order valence-electron chi connectivity index (χ1n) is 9.23. The molecule has 1 aromatic carbocycles. The molecular formula is C19H28FN3O4. The Hall–Kier alpha value is -2.38. The van der Waals surface area contributed by atoms with Crippen molar-refractivity contribution in [1.82, 2.24) is 5.32 Å². The van der Waals surface area contributed by atoms with E-state index in [-0.39, 0.29) is 5.69 Å². The summed E-state index contributed by atoms with van der Waals surface area (Å²) < 4.78 is 18.9. The number of amides is 1. The number of nitro benzene ring substituents is 1. The smallest absolute Gasteiger partial charge is 0.407 e. The number of hydrogen-bond donors (Lipinski definition) is 1. The lowest BCUT2D eigenvalue weighted by molar-refractivity contribution is -0.384. The van der Waals surface area contributed by atoms with E-state index in [1.54, 1.807) is 13.0 Å². The van der Waals surface area contributed by atoms with Crippen LogP contribution in [0.15, 0.2) is 12.1 Å². The van der Waals surface area contributed by atoms with Gasteiger partial charge in [0.15, 0.2) is 0 Å². The van der Waals surface area contributed by atoms with E-state index >= 15 is 0 Å². The number of anilines is 1. The second-order valence-electron chi connectivity index (χ2n) is 7.99. The number of piperidine rings is 1. The number of rotatable bonds is 5. The zero-order chi connectivity index (χ0) is 20.2. The summed E-state index contributed by atoms with van der Waals surface area (Å²) in [5.74, 6) is -0.134. The van der Waals surface area contributed by atoms with Crippen molar-refractivity contribution in [2.75, 3.05) is 24.5 Å². The predicted molar refractivity (Wildman–Crippen MR) is 102 cm³/mol. The number of carbonyl (C=O) groups excluding carboxylic acids is 1. The van der Waals surface area contributed by atoms with Crippen molar-refractivity contribution in [2.24, 2.45) is 5.92 Å². The van der Waals surface area contributed by atoms with E-state index in [2.05, 4.69) is 5.32 Å². The Bertz CT molecular complexity index is 695. The third-order valence-corrected chi connectivity index (χ3v) is 4.63. The molecule has 0 radical (unpaired) electrons. The van der Waals surface area contributed by atoms with Crippen LogP contribution >= 0.6 is 0 Å². The molecule has 0 bridgehead atoms. The van der Waals surface area contributed by atoms with Gasteiger partial charge in [0.2, 0.25) is 0 Å². The number of nitrogens with one attached hydrogen (secondary N) is 1. The number of aryl methyl sites for hydroxylation is 1. The highest BCUT2D eigenvalue weighted by Crippen LogP contribution is 2.34. The topological polar surface area (TPSA) is 84.7 Å². The van der Waals surface area contributed by atoms with Gasteiger partial charge in [-0.1, -0.05) is 0 Å². The average Bonchev–Trinajstić information content (AvgIpc) is 2.56. The van der Waals surface area contributed by atoms with Crippen LogP contribution in [0.1, 0.15) is 45.6 Å². The number of halogens is 1. The molecule has 1 fully saturated rings. The Kier molecular flexibility index (Phi) is 6.62. The fourth-order valence-corrected chi connectivity index (χ4v) is 3.21. The van der Waals surface area contributed by atoms with Crippen LogP contribution in [0, 0.1) is 28.8 Å². The van der Waals surface area contributed by atoms with Gasteiger partial charge in [0.1, 0.15) is 17.1 Å². The molecule has 1 aliphatic heterocycles. The van der Waals surface area contributed by atoms with Gasteiger partial charge < -0.3 is 15.0 Å². The number of benzene rings is 1. The van der Waals surface area contributed by atoms with E-state index in [0.29, 0.717) is 36.8 Å². The van der Waals surface area contributed by atoms with Gasteiger partial charge in [-0.2, -0.15) is 0 Å². The van der Waals surface area contributed by atoms with Crippen LogP contribution < -0.4 is 10.2 Å². The van der Waals surface area contributed by atoms with Gasteiger partial charge in [-0.3, -0.25) is 10.1 Å². The normalized spacial score (nSPS) is 15.5. The summed E-state index contributed by atoms with van der Waals surface area (Å²) in [7, 11) is 0. The second kappa shape index (κ2) is 8.54. The molecule has 0 spiro atoms. The monoisotopic (exact) mass is 381 g/mol. The first-order valence-corrected chi connectivity index (χ1v) is 9.23. The summed E-state index contributed by atoms with van der Waals surface area (Å²) in [6, 6.07) is 2.55. The van der Waals surface area contributed by atoms with Gasteiger partial charge >= 0.3 is 6.09 Å². The third-order valence-electron chi connectivity index (χ3n) is 4.63. The highest BCUT2D eigenvalue weighted by Gasteiger charge is 2.26. The molecule has 1 aromatic rings. The molecule has 1 heterocycles. The second-order valence-corrected chi connectivity index (χ2v) is 7.99. The number of nitro groups is 1. The third kappa shape index (κ3) is 6.08. The van der Waals surface area contributed by atoms with Crippen LogP contribution in [0.25, 0.3) is 0 Å². The van der Waals surface area contributed by atoms with Gasteiger partial charge in [-0.05, 0) is 64.5 Å². The van der Waals surface area contributed by atoms with E-state index in [1.807, 2.05) is 25.7 Å². The number of alkyl carbamates (subject to hydrolysis) is 1. The quantitative estimate of drug-likeness (QED) is 0.611. The van der Waals surface area contributed by atoms with Gasteiger partial charge in [0.25, 0.3) is 5.69 Å². The van der Waals surface area contributed by atoms with E-state index < -0.39 is 22.4 Å². The molecule has 0 aromatic heterocycles. The van der Waals surface area contributed by atoms with Crippen molar-refractivity contribution < 1.29 is 18.8 Å². The van der Waals surface area contributed by atoms with Gasteiger partial charge in [0, 0.05) is 19.6 Å². The number of carbonyl (C=O) groups is 1. The zero-order valence-electron chi connectivity index (χ0n) is 16.4. The predicted octanol–water partition coefficient (Wildman–Crippen LogP) is 4.17. The molecule has 1 saturated heterocycles. The van der Waals surface area contributed by atoms with E-state index in [1.165, 1.54) is 0 Å². The summed E-state index contributed by atoms with van der Waals surface area (Å²) in [5, 5.41) is 14.0. The molecule has 8 heteroatoms. The maximum Gasteiger partial charge on any atom is 0.407 e. The Morgan fingerprint density at radius 1 is 1.37 bits per heavy atom. The molecule has 1 amide bonds. The van der Waals surface area contributed by atoms with Crippen molar-refractivity contribution in [2.45, 2.75) is 52.6 Å². The Labute approximate surface area is 159 Å². The maximum absolute atomic E-state index is 13.7. The highest BCUT2D eigenvalue weighted by atomic mass is 19.1. The summed E-state index contributed by atoms with van der Waals surface area (Å²) in [6.45, 7) is 8.94. The average molecular weight is 381 g/mol. The van der Waals surface area contributed by atoms with E-state index in [4.69, 9.17) is 4.74 Å². The van der Waals surface area contributed by atoms with Crippen LogP contribution in [0.2, 0.25) is 0 Å². The minimum atomic E-state index is -0.562. The van der Waals surface area contributed by atoms with Gasteiger partial charge in [-0.15, -0.1) is 0 Å². The van der Waals surface area contributed by atoms with E-state index in [0.717, 1.165) is 25.3 Å². The summed E-state index contributed by atoms with van der Waals surface area (Å²) in [5.41, 5.74) is 0.170. The van der Waals surface area contributed by atoms with Gasteiger partial charge in [-0.25, -0.2) is 9.18 Å². The summed E-state index contributed by atoms with van der Waals surface area (Å²) in [6.07, 6.45) is 2.14. The first kappa shape index (κ1) is 20.9. The number of nitrogens with zero attached hydrogens (tertiary/aromatic N) is 2. The minimum Gasteiger partial charge on any atom is -0.444 e. The summed E-state index contributed by atoms with van der Waals surface area (Å²) >= 11 is 0. The molecule has 1 N–H and O–H groups in total. The van der Waals surface area contributed by atoms with Crippen LogP contribution in [-0.2, 0) is 4.74 Å². The molecule has 7 nitrogen and oxygen atoms in total. The fraction of sp³-hybridized carbons (Fsp3) is 0.632. The fourth-order valence-electron chi connectivity index (χ4n) is 3.21. The standard InChI is InChI=1S/C19H28FN3O4/c1-13-11-16(17(23(25)26)12-15(13)20)22-9-6-14(7-10-22)5-8-21-18(24)27-19(2,3)4/h11-12,14H,5-10H2,1-4H3,(H,21,24). The zero-order valence-corrected chi connectivity index (χ0v) is 16.4. The minimum absolute atomic E-state index is 0.192. The molecule has 150 valence electrons. The van der Waals surface area contributed by atoms with Gasteiger partial charge in [0.05, 0.1) is 11.0 Å². The van der Waals surface area contributed by atoms with Crippen molar-refractivity contribution in [3.8, 4) is 0 Å². The van der Waals surface area contributed by atoms with Crippen LogP contribution in [0.5, 0.6) is 0 Å². The molecule has 0 atom stereocenters. The molecule has 2 rings (SSSR count). The summed E-state index contributed by atoms with van der Waals surface area (Å²) in [4.78, 5) is 24.3. The first-order chi connectivity index (χ1) is 12.6. The van der Waals surface area contributed by atoms with Crippen molar-refractivity contribution in [1.29, 1.82) is 0 Å². The molecular weight excluding hydrogens is 353 g/mol.